The van der Waals surface area contributed by atoms with Crippen LogP contribution in [-0.2, 0) is 23.9 Å². The van der Waals surface area contributed by atoms with Crippen molar-refractivity contribution >= 4 is 40.4 Å². The summed E-state index contributed by atoms with van der Waals surface area (Å²) in [4.78, 5) is 56.4. The molecule has 2 aliphatic heterocycles. The molecule has 2 aliphatic rings. The van der Waals surface area contributed by atoms with Crippen molar-refractivity contribution < 1.29 is 23.9 Å². The molecule has 0 aliphatic carbocycles. The lowest BCUT2D eigenvalue weighted by molar-refractivity contribution is -0.157. The number of rotatable bonds is 1. The molecule has 3 heterocycles. The summed E-state index contributed by atoms with van der Waals surface area (Å²) in [6.45, 7) is 7.62. The van der Waals surface area contributed by atoms with Gasteiger partial charge in [0.05, 0.1) is 5.69 Å². The van der Waals surface area contributed by atoms with Gasteiger partial charge in [-0.15, -0.1) is 0 Å². The van der Waals surface area contributed by atoms with E-state index in [9.17, 15) is 19.2 Å². The van der Waals surface area contributed by atoms with E-state index < -0.39 is 30.1 Å². The summed E-state index contributed by atoms with van der Waals surface area (Å²) in [5, 5.41) is 6.05. The molecule has 202 valence electrons. The van der Waals surface area contributed by atoms with Crippen LogP contribution < -0.4 is 10.7 Å². The Hall–Kier alpha value is -3.59. The van der Waals surface area contributed by atoms with Gasteiger partial charge in [-0.25, -0.2) is 5.43 Å². The number of hydrogen-bond donors (Lipinski definition) is 2. The monoisotopic (exact) mass is 520 g/mol. The van der Waals surface area contributed by atoms with Crippen LogP contribution in [-0.4, -0.2) is 52.2 Å². The number of ketones is 1. The normalized spacial score (nSPS) is 26.8. The molecule has 1 fully saturated rings. The van der Waals surface area contributed by atoms with Gasteiger partial charge in [0.1, 0.15) is 24.0 Å². The fraction of sp³-hybridized carbons (Fsp3) is 0.483. The minimum absolute atomic E-state index is 0.0620. The number of carbonyl (C=O) groups excluding carboxylic acids is 4. The summed E-state index contributed by atoms with van der Waals surface area (Å²) >= 11 is 0. The molecule has 4 rings (SSSR count). The molecule has 0 spiro atoms. The Kier molecular flexibility index (Phi) is 8.56. The fourth-order valence-electron chi connectivity index (χ4n) is 4.85. The van der Waals surface area contributed by atoms with E-state index in [0.29, 0.717) is 25.1 Å². The third-order valence-corrected chi connectivity index (χ3v) is 7.22. The Balaban J connectivity index is 1.64. The van der Waals surface area contributed by atoms with Crippen molar-refractivity contribution in [1.29, 1.82) is 0 Å². The van der Waals surface area contributed by atoms with Crippen molar-refractivity contribution in [3.63, 3.8) is 0 Å². The number of ether oxygens (including phenoxy) is 1. The van der Waals surface area contributed by atoms with Gasteiger partial charge in [-0.2, -0.15) is 0 Å². The topological polar surface area (TPSA) is 118 Å². The first kappa shape index (κ1) is 27.4. The zero-order chi connectivity index (χ0) is 27.4. The molecule has 9 nitrogen and oxygen atoms in total. The second kappa shape index (κ2) is 11.9. The number of Topliss-reactive ketones (excluding diaryl/α,β-unsaturated/α-hetero) is 1. The van der Waals surface area contributed by atoms with Crippen LogP contribution in [0.4, 0.5) is 0 Å². The summed E-state index contributed by atoms with van der Waals surface area (Å²) < 4.78 is 5.77. The van der Waals surface area contributed by atoms with Crippen LogP contribution in [0.3, 0.4) is 0 Å². The lowest BCUT2D eigenvalue weighted by Gasteiger charge is -2.35. The number of amides is 2. The second-order valence-corrected chi connectivity index (χ2v) is 10.5. The highest BCUT2D eigenvalue weighted by molar-refractivity contribution is 5.92. The van der Waals surface area contributed by atoms with Crippen LogP contribution in [0.5, 0.6) is 0 Å². The number of nitrogens with zero attached hydrogens (tertiary/aromatic N) is 2. The number of benzene rings is 1. The highest BCUT2D eigenvalue weighted by atomic mass is 16.5. The molecule has 9 heteroatoms. The van der Waals surface area contributed by atoms with Crippen LogP contribution >= 0.6 is 0 Å². The van der Waals surface area contributed by atoms with Crippen molar-refractivity contribution in [2.75, 3.05) is 6.54 Å². The van der Waals surface area contributed by atoms with Crippen molar-refractivity contribution in [2.45, 2.75) is 71.6 Å². The van der Waals surface area contributed by atoms with Gasteiger partial charge in [-0.05, 0) is 61.8 Å². The zero-order valence-electron chi connectivity index (χ0n) is 22.4. The fourth-order valence-corrected chi connectivity index (χ4v) is 4.85. The molecule has 2 N–H and O–H groups in total. The molecular weight excluding hydrogens is 484 g/mol. The number of fused-ring (bicyclic) bond motifs is 4. The predicted molar refractivity (Wildman–Crippen MR) is 143 cm³/mol. The maximum Gasteiger partial charge on any atom is 0.325 e. The van der Waals surface area contributed by atoms with Gasteiger partial charge in [-0.3, -0.25) is 29.2 Å². The minimum Gasteiger partial charge on any atom is -0.457 e. The smallest absolute Gasteiger partial charge is 0.325 e. The Labute approximate surface area is 223 Å². The minimum atomic E-state index is -0.821. The largest absolute Gasteiger partial charge is 0.457 e. The highest BCUT2D eigenvalue weighted by Crippen LogP contribution is 2.25. The average molecular weight is 521 g/mol. The van der Waals surface area contributed by atoms with Gasteiger partial charge < -0.3 is 10.1 Å². The molecule has 0 unspecified atom stereocenters. The maximum absolute atomic E-state index is 13.1. The highest BCUT2D eigenvalue weighted by Gasteiger charge is 2.33. The zero-order valence-corrected chi connectivity index (χ0v) is 22.4. The number of cyclic esters (lactones) is 1. The van der Waals surface area contributed by atoms with Gasteiger partial charge in [0.25, 0.3) is 5.91 Å². The van der Waals surface area contributed by atoms with E-state index in [1.165, 1.54) is 5.01 Å². The summed E-state index contributed by atoms with van der Waals surface area (Å²) in [7, 11) is 0. The van der Waals surface area contributed by atoms with E-state index in [0.717, 1.165) is 16.3 Å². The van der Waals surface area contributed by atoms with Crippen molar-refractivity contribution in [2.24, 2.45) is 11.8 Å². The standard InChI is InChI=1S/C29H36N4O5/c1-17(2)25-15-24(34)8-5-7-23-14-22-13-20(10-11-21(22)16-30-23)19(4)38-29(37)26-9-6-12-33(32-26)28(36)18(3)31-27(25)35/h5,7,10-11,13-14,16-19,25-26,32H,6,8-9,12,15H2,1-4H3,(H,31,35)/b7-5+/t18-,19+,25-,26-/m0/s1. The first-order valence-electron chi connectivity index (χ1n) is 13.3. The number of hydrazine groups is 1. The van der Waals surface area contributed by atoms with Gasteiger partial charge in [0, 0.05) is 36.9 Å². The van der Waals surface area contributed by atoms with Crippen molar-refractivity contribution in [3.8, 4) is 0 Å². The molecule has 1 aromatic heterocycles. The van der Waals surface area contributed by atoms with Crippen LogP contribution in [0.1, 0.15) is 70.7 Å². The SMILES string of the molecule is CC(C)[C@@H]1CC(=O)C/C=C/c2cc3cc(ccc3cn2)[C@@H](C)OC(=O)[C@@H]2CCCN(N2)C(=O)[C@H](C)NC1=O. The number of allylic oxidation sites excluding steroid dienone is 1. The number of nitrogens with one attached hydrogen (secondary N) is 2. The first-order valence-corrected chi connectivity index (χ1v) is 13.3. The predicted octanol–water partition coefficient (Wildman–Crippen LogP) is 3.49. The molecule has 5 bridgehead atoms. The molecule has 1 saturated heterocycles. The van der Waals surface area contributed by atoms with E-state index in [-0.39, 0.29) is 36.4 Å². The van der Waals surface area contributed by atoms with Crippen molar-refractivity contribution in [3.05, 3.63) is 47.8 Å². The van der Waals surface area contributed by atoms with Crippen LogP contribution in [0.25, 0.3) is 16.8 Å². The Morgan fingerprint density at radius 3 is 2.63 bits per heavy atom. The van der Waals surface area contributed by atoms with Crippen molar-refractivity contribution in [1.82, 2.24) is 20.7 Å². The number of carbonyl (C=O) groups is 4. The molecule has 2 amide bonds. The number of aromatic nitrogens is 1. The second-order valence-electron chi connectivity index (χ2n) is 10.5. The van der Waals surface area contributed by atoms with E-state index >= 15 is 0 Å². The first-order chi connectivity index (χ1) is 18.1. The van der Waals surface area contributed by atoms with Gasteiger partial charge in [-0.1, -0.05) is 32.1 Å². The van der Waals surface area contributed by atoms with E-state index in [4.69, 9.17) is 4.74 Å². The number of hydrogen-bond acceptors (Lipinski definition) is 7. The van der Waals surface area contributed by atoms with Gasteiger partial charge in [0.15, 0.2) is 0 Å². The Morgan fingerprint density at radius 1 is 1.08 bits per heavy atom. The maximum atomic E-state index is 13.1. The lowest BCUT2D eigenvalue weighted by Crippen LogP contribution is -2.59. The molecule has 1 aromatic carbocycles. The van der Waals surface area contributed by atoms with Crippen LogP contribution in [0.2, 0.25) is 0 Å². The van der Waals surface area contributed by atoms with E-state index in [1.807, 2.05) is 45.0 Å². The van der Waals surface area contributed by atoms with Gasteiger partial charge >= 0.3 is 5.97 Å². The Morgan fingerprint density at radius 2 is 1.87 bits per heavy atom. The molecule has 0 radical (unpaired) electrons. The van der Waals surface area contributed by atoms with E-state index in [2.05, 4.69) is 15.7 Å². The van der Waals surface area contributed by atoms with E-state index in [1.54, 1.807) is 25.3 Å². The molecular formula is C29H36N4O5. The van der Waals surface area contributed by atoms with Crippen LogP contribution in [0.15, 0.2) is 36.5 Å². The number of esters is 1. The average Bonchev–Trinajstić information content (AvgIpc) is 2.90. The molecule has 4 atom stereocenters. The molecule has 38 heavy (non-hydrogen) atoms. The third-order valence-electron chi connectivity index (χ3n) is 7.22. The number of pyridine rings is 1. The lowest BCUT2D eigenvalue weighted by atomic mass is 9.89. The summed E-state index contributed by atoms with van der Waals surface area (Å²) in [5.74, 6) is -1.82. The third kappa shape index (κ3) is 6.45. The van der Waals surface area contributed by atoms with Crippen LogP contribution in [0, 0.1) is 11.8 Å². The van der Waals surface area contributed by atoms with Gasteiger partial charge in [0.2, 0.25) is 5.91 Å². The summed E-state index contributed by atoms with van der Waals surface area (Å²) in [6.07, 6.45) is 6.24. The quantitative estimate of drug-likeness (QED) is 0.553. The Bertz CT molecular complexity index is 1260. The molecule has 2 aromatic rings. The summed E-state index contributed by atoms with van der Waals surface area (Å²) in [5.41, 5.74) is 4.53. The molecule has 0 saturated carbocycles. The summed E-state index contributed by atoms with van der Waals surface area (Å²) in [6, 6.07) is 6.24.